The van der Waals surface area contributed by atoms with Crippen LogP contribution in [-0.4, -0.2) is 11.3 Å². The lowest BCUT2D eigenvalue weighted by atomic mass is 10.2. The molecular formula is C17H25NS. The second-order valence-corrected chi connectivity index (χ2v) is 7.41. The minimum absolute atomic E-state index is 0.804. The highest BCUT2D eigenvalue weighted by molar-refractivity contribution is 8.00. The first kappa shape index (κ1) is 13.5. The summed E-state index contributed by atoms with van der Waals surface area (Å²) >= 11 is 2.11. The summed E-state index contributed by atoms with van der Waals surface area (Å²) in [5, 5.41) is 4.46. The maximum absolute atomic E-state index is 3.60. The third-order valence-corrected chi connectivity index (χ3v) is 5.51. The smallest absolute Gasteiger partial charge is 0.0208 e. The van der Waals surface area contributed by atoms with E-state index >= 15 is 0 Å². The standard InChI is InChI=1S/C17H25NS/c1-2-4-8-16(7-3-1)19-17-9-5-6-14(12-17)13-18-15-10-11-15/h5-6,9,12,15-16,18H,1-4,7-8,10-11,13H2. The molecule has 0 atom stereocenters. The normalized spacial score (nSPS) is 21.3. The van der Waals surface area contributed by atoms with Crippen LogP contribution in [0.1, 0.15) is 56.9 Å². The van der Waals surface area contributed by atoms with Crippen LogP contribution in [0.4, 0.5) is 0 Å². The van der Waals surface area contributed by atoms with Crippen molar-refractivity contribution in [2.45, 2.75) is 74.1 Å². The summed E-state index contributed by atoms with van der Waals surface area (Å²) < 4.78 is 0. The number of thioether (sulfide) groups is 1. The van der Waals surface area contributed by atoms with E-state index in [1.165, 1.54) is 61.8 Å². The van der Waals surface area contributed by atoms with Crippen molar-refractivity contribution >= 4 is 11.8 Å². The number of hydrogen-bond acceptors (Lipinski definition) is 2. The molecule has 1 nitrogen and oxygen atoms in total. The lowest BCUT2D eigenvalue weighted by molar-refractivity contribution is 0.686. The van der Waals surface area contributed by atoms with Crippen LogP contribution >= 0.6 is 11.8 Å². The van der Waals surface area contributed by atoms with Gasteiger partial charge in [-0.15, -0.1) is 11.8 Å². The molecule has 3 rings (SSSR count). The van der Waals surface area contributed by atoms with E-state index in [1.807, 2.05) is 0 Å². The van der Waals surface area contributed by atoms with Crippen molar-refractivity contribution < 1.29 is 0 Å². The highest BCUT2D eigenvalue weighted by Crippen LogP contribution is 2.33. The van der Waals surface area contributed by atoms with Gasteiger partial charge < -0.3 is 5.32 Å². The molecule has 0 saturated heterocycles. The third kappa shape index (κ3) is 4.54. The lowest BCUT2D eigenvalue weighted by Crippen LogP contribution is -2.15. The molecule has 2 heteroatoms. The van der Waals surface area contributed by atoms with Gasteiger partial charge in [-0.1, -0.05) is 37.8 Å². The fraction of sp³-hybridized carbons (Fsp3) is 0.647. The van der Waals surface area contributed by atoms with Crippen LogP contribution in [0.15, 0.2) is 29.2 Å². The van der Waals surface area contributed by atoms with Gasteiger partial charge in [0.05, 0.1) is 0 Å². The Morgan fingerprint density at radius 1 is 1.00 bits per heavy atom. The third-order valence-electron chi connectivity index (χ3n) is 4.18. The highest BCUT2D eigenvalue weighted by Gasteiger charge is 2.20. The zero-order chi connectivity index (χ0) is 12.9. The molecule has 104 valence electrons. The van der Waals surface area contributed by atoms with Crippen LogP contribution < -0.4 is 5.32 Å². The van der Waals surface area contributed by atoms with E-state index < -0.39 is 0 Å². The fourth-order valence-corrected chi connectivity index (χ4v) is 4.16. The van der Waals surface area contributed by atoms with E-state index in [2.05, 4.69) is 41.3 Å². The zero-order valence-corrected chi connectivity index (χ0v) is 12.6. The number of rotatable bonds is 5. The van der Waals surface area contributed by atoms with Crippen LogP contribution in [0.3, 0.4) is 0 Å². The first-order chi connectivity index (χ1) is 9.40. The quantitative estimate of drug-likeness (QED) is 0.778. The van der Waals surface area contributed by atoms with E-state index in [0.717, 1.165) is 17.8 Å². The lowest BCUT2D eigenvalue weighted by Gasteiger charge is -2.14. The van der Waals surface area contributed by atoms with Crippen LogP contribution in [0, 0.1) is 0 Å². The first-order valence-corrected chi connectivity index (χ1v) is 8.77. The van der Waals surface area contributed by atoms with E-state index in [0.29, 0.717) is 0 Å². The molecule has 0 aliphatic heterocycles. The van der Waals surface area contributed by atoms with E-state index in [-0.39, 0.29) is 0 Å². The Morgan fingerprint density at radius 2 is 1.79 bits per heavy atom. The molecule has 2 saturated carbocycles. The first-order valence-electron chi connectivity index (χ1n) is 7.89. The van der Waals surface area contributed by atoms with Gasteiger partial charge in [0.25, 0.3) is 0 Å². The van der Waals surface area contributed by atoms with Crippen LogP contribution in [-0.2, 0) is 6.54 Å². The molecule has 1 N–H and O–H groups in total. The van der Waals surface area contributed by atoms with Gasteiger partial charge in [0.1, 0.15) is 0 Å². The van der Waals surface area contributed by atoms with Gasteiger partial charge in [-0.05, 0) is 43.4 Å². The maximum Gasteiger partial charge on any atom is 0.0208 e. The Hall–Kier alpha value is -0.470. The summed E-state index contributed by atoms with van der Waals surface area (Å²) in [6.07, 6.45) is 11.3. The second-order valence-electron chi connectivity index (χ2n) is 6.03. The second kappa shape index (κ2) is 6.81. The topological polar surface area (TPSA) is 12.0 Å². The van der Waals surface area contributed by atoms with Gasteiger partial charge in [-0.2, -0.15) is 0 Å². The highest BCUT2D eigenvalue weighted by atomic mass is 32.2. The van der Waals surface area contributed by atoms with Gasteiger partial charge >= 0.3 is 0 Å². The SMILES string of the molecule is c1cc(CNC2CC2)cc(SC2CCCCCC2)c1. The summed E-state index contributed by atoms with van der Waals surface area (Å²) in [5.41, 5.74) is 1.45. The zero-order valence-electron chi connectivity index (χ0n) is 11.7. The summed E-state index contributed by atoms with van der Waals surface area (Å²) in [4.78, 5) is 1.47. The number of hydrogen-bond donors (Lipinski definition) is 1. The van der Waals surface area contributed by atoms with Crippen molar-refractivity contribution in [1.29, 1.82) is 0 Å². The average molecular weight is 275 g/mol. The van der Waals surface area contributed by atoms with Gasteiger partial charge in [-0.25, -0.2) is 0 Å². The van der Waals surface area contributed by atoms with Crippen LogP contribution in [0.25, 0.3) is 0 Å². The Labute approximate surface area is 121 Å². The van der Waals surface area contributed by atoms with Gasteiger partial charge in [0.15, 0.2) is 0 Å². The largest absolute Gasteiger partial charge is 0.310 e. The molecule has 0 radical (unpaired) electrons. The van der Waals surface area contributed by atoms with E-state index in [1.54, 1.807) is 0 Å². The molecule has 2 aliphatic carbocycles. The Kier molecular flexibility index (Phi) is 4.84. The monoisotopic (exact) mass is 275 g/mol. The number of nitrogens with one attached hydrogen (secondary N) is 1. The van der Waals surface area contributed by atoms with Crippen molar-refractivity contribution in [3.63, 3.8) is 0 Å². The van der Waals surface area contributed by atoms with Crippen molar-refractivity contribution in [2.24, 2.45) is 0 Å². The molecule has 0 spiro atoms. The summed E-state index contributed by atoms with van der Waals surface area (Å²) in [5.74, 6) is 0. The van der Waals surface area contributed by atoms with E-state index in [9.17, 15) is 0 Å². The van der Waals surface area contributed by atoms with Crippen molar-refractivity contribution in [3.05, 3.63) is 29.8 Å². The summed E-state index contributed by atoms with van der Waals surface area (Å²) in [6, 6.07) is 9.97. The molecule has 0 bridgehead atoms. The van der Waals surface area contributed by atoms with Gasteiger partial charge in [-0.3, -0.25) is 0 Å². The number of benzene rings is 1. The fourth-order valence-electron chi connectivity index (χ4n) is 2.83. The Balaban J connectivity index is 1.54. The minimum Gasteiger partial charge on any atom is -0.310 e. The maximum atomic E-state index is 3.60. The van der Waals surface area contributed by atoms with Crippen LogP contribution in [0.2, 0.25) is 0 Å². The van der Waals surface area contributed by atoms with Crippen LogP contribution in [0.5, 0.6) is 0 Å². The Bertz CT molecular complexity index is 392. The van der Waals surface area contributed by atoms with E-state index in [4.69, 9.17) is 0 Å². The molecule has 1 aromatic carbocycles. The van der Waals surface area contributed by atoms with Crippen molar-refractivity contribution in [2.75, 3.05) is 0 Å². The minimum atomic E-state index is 0.804. The Morgan fingerprint density at radius 3 is 2.53 bits per heavy atom. The van der Waals surface area contributed by atoms with Crippen molar-refractivity contribution in [3.8, 4) is 0 Å². The molecule has 19 heavy (non-hydrogen) atoms. The molecule has 0 unspecified atom stereocenters. The van der Waals surface area contributed by atoms with Crippen molar-refractivity contribution in [1.82, 2.24) is 5.32 Å². The average Bonchev–Trinajstić information content (AvgIpc) is 3.25. The molecule has 2 aliphatic rings. The summed E-state index contributed by atoms with van der Waals surface area (Å²) in [6.45, 7) is 1.05. The molecule has 0 heterocycles. The summed E-state index contributed by atoms with van der Waals surface area (Å²) in [7, 11) is 0. The molecule has 0 aromatic heterocycles. The molecule has 1 aromatic rings. The predicted molar refractivity (Wildman–Crippen MR) is 83.7 cm³/mol. The van der Waals surface area contributed by atoms with Gasteiger partial charge in [0.2, 0.25) is 0 Å². The van der Waals surface area contributed by atoms with Gasteiger partial charge in [0, 0.05) is 22.7 Å². The molecule has 0 amide bonds. The molecule has 2 fully saturated rings. The molecular weight excluding hydrogens is 250 g/mol. The predicted octanol–water partition coefficient (Wildman–Crippen LogP) is 4.75.